The van der Waals surface area contributed by atoms with E-state index in [0.29, 0.717) is 32.0 Å². The fourth-order valence-electron chi connectivity index (χ4n) is 3.16. The van der Waals surface area contributed by atoms with E-state index in [4.69, 9.17) is 0 Å². The summed E-state index contributed by atoms with van der Waals surface area (Å²) in [6, 6.07) is 9.99. The van der Waals surface area contributed by atoms with Crippen LogP contribution in [0.4, 0.5) is 0 Å². The van der Waals surface area contributed by atoms with Gasteiger partial charge >= 0.3 is 0 Å². The van der Waals surface area contributed by atoms with Crippen molar-refractivity contribution in [1.29, 1.82) is 0 Å². The Morgan fingerprint density at radius 3 is 2.73 bits per heavy atom. The topological polar surface area (TPSA) is 52.7 Å². The predicted octanol–water partition coefficient (Wildman–Crippen LogP) is 0.857. The Bertz CT molecular complexity index is 526. The molecule has 118 valence electrons. The van der Waals surface area contributed by atoms with Gasteiger partial charge in [0.15, 0.2) is 0 Å². The number of piperazine rings is 1. The monoisotopic (exact) mass is 301 g/mol. The Hall–Kier alpha value is -1.88. The molecular weight excluding hydrogens is 278 g/mol. The predicted molar refractivity (Wildman–Crippen MR) is 84.0 cm³/mol. The molecule has 2 aliphatic heterocycles. The van der Waals surface area contributed by atoms with Crippen molar-refractivity contribution in [3.8, 4) is 0 Å². The van der Waals surface area contributed by atoms with Crippen LogP contribution in [0.15, 0.2) is 30.3 Å². The van der Waals surface area contributed by atoms with E-state index >= 15 is 0 Å². The van der Waals surface area contributed by atoms with Crippen LogP contribution in [-0.4, -0.2) is 54.3 Å². The average Bonchev–Trinajstić information content (AvgIpc) is 3.03. The highest BCUT2D eigenvalue weighted by molar-refractivity contribution is 5.86. The number of nitrogens with zero attached hydrogens (tertiary/aromatic N) is 2. The Balaban J connectivity index is 1.51. The lowest BCUT2D eigenvalue weighted by molar-refractivity contribution is -0.146. The van der Waals surface area contributed by atoms with Gasteiger partial charge in [0.25, 0.3) is 0 Å². The molecular formula is C17H23N3O2. The van der Waals surface area contributed by atoms with Gasteiger partial charge in [-0.05, 0) is 31.0 Å². The molecule has 0 aromatic heterocycles. The molecule has 0 saturated carbocycles. The van der Waals surface area contributed by atoms with E-state index in [2.05, 4.69) is 5.32 Å². The molecule has 0 bridgehead atoms. The summed E-state index contributed by atoms with van der Waals surface area (Å²) in [7, 11) is 0. The van der Waals surface area contributed by atoms with E-state index in [1.807, 2.05) is 35.2 Å². The van der Waals surface area contributed by atoms with Crippen molar-refractivity contribution >= 4 is 11.8 Å². The van der Waals surface area contributed by atoms with Crippen molar-refractivity contribution in [3.05, 3.63) is 35.9 Å². The fourth-order valence-corrected chi connectivity index (χ4v) is 3.16. The summed E-state index contributed by atoms with van der Waals surface area (Å²) < 4.78 is 0. The zero-order chi connectivity index (χ0) is 15.4. The van der Waals surface area contributed by atoms with Crippen LogP contribution in [0.2, 0.25) is 0 Å². The van der Waals surface area contributed by atoms with Crippen molar-refractivity contribution < 1.29 is 9.59 Å². The van der Waals surface area contributed by atoms with Crippen molar-refractivity contribution in [1.82, 2.24) is 15.1 Å². The third-order valence-corrected chi connectivity index (χ3v) is 4.51. The molecule has 22 heavy (non-hydrogen) atoms. The van der Waals surface area contributed by atoms with E-state index in [-0.39, 0.29) is 18.4 Å². The highest BCUT2D eigenvalue weighted by Gasteiger charge is 2.28. The van der Waals surface area contributed by atoms with Gasteiger partial charge in [0, 0.05) is 26.1 Å². The van der Waals surface area contributed by atoms with E-state index in [1.165, 1.54) is 0 Å². The maximum atomic E-state index is 12.3. The molecule has 3 rings (SSSR count). The Morgan fingerprint density at radius 1 is 1.23 bits per heavy atom. The fraction of sp³-hybridized carbons (Fsp3) is 0.529. The third kappa shape index (κ3) is 3.65. The molecule has 1 N–H and O–H groups in total. The number of hydrogen-bond acceptors (Lipinski definition) is 3. The van der Waals surface area contributed by atoms with Gasteiger partial charge in [-0.15, -0.1) is 0 Å². The summed E-state index contributed by atoms with van der Waals surface area (Å²) in [5.74, 6) is 0.611. The quantitative estimate of drug-likeness (QED) is 0.897. The normalized spacial score (nSPS) is 22.2. The molecule has 2 aliphatic rings. The Labute approximate surface area is 131 Å². The van der Waals surface area contributed by atoms with Crippen LogP contribution in [-0.2, 0) is 16.1 Å². The summed E-state index contributed by atoms with van der Waals surface area (Å²) >= 11 is 0. The highest BCUT2D eigenvalue weighted by atomic mass is 16.2. The van der Waals surface area contributed by atoms with Gasteiger partial charge in [0.05, 0.1) is 6.54 Å². The summed E-state index contributed by atoms with van der Waals surface area (Å²) in [4.78, 5) is 28.1. The zero-order valence-electron chi connectivity index (χ0n) is 12.8. The van der Waals surface area contributed by atoms with Crippen LogP contribution in [0, 0.1) is 5.92 Å². The molecule has 5 nitrogen and oxygen atoms in total. The third-order valence-electron chi connectivity index (χ3n) is 4.51. The van der Waals surface area contributed by atoms with Gasteiger partial charge in [-0.1, -0.05) is 30.3 Å². The van der Waals surface area contributed by atoms with Crippen LogP contribution in [0.3, 0.4) is 0 Å². The molecule has 2 fully saturated rings. The van der Waals surface area contributed by atoms with Gasteiger partial charge in [0.1, 0.15) is 0 Å². The first kappa shape index (κ1) is 15.0. The average molecular weight is 301 g/mol. The first-order valence-corrected chi connectivity index (χ1v) is 8.02. The lowest BCUT2D eigenvalue weighted by atomic mass is 10.0. The highest BCUT2D eigenvalue weighted by Crippen LogP contribution is 2.16. The summed E-state index contributed by atoms with van der Waals surface area (Å²) in [6.07, 6.45) is 1.63. The van der Waals surface area contributed by atoms with Gasteiger partial charge in [-0.2, -0.15) is 0 Å². The molecule has 2 heterocycles. The first-order valence-electron chi connectivity index (χ1n) is 8.02. The number of rotatable bonds is 4. The second-order valence-corrected chi connectivity index (χ2v) is 6.18. The zero-order valence-corrected chi connectivity index (χ0v) is 12.8. The molecule has 1 atom stereocenters. The largest absolute Gasteiger partial charge is 0.335 e. The number of benzene rings is 1. The van der Waals surface area contributed by atoms with Crippen molar-refractivity contribution in [2.75, 3.05) is 32.7 Å². The summed E-state index contributed by atoms with van der Waals surface area (Å²) in [5, 5.41) is 3.28. The lowest BCUT2D eigenvalue weighted by Gasteiger charge is -2.34. The molecule has 0 spiro atoms. The van der Waals surface area contributed by atoms with E-state index in [0.717, 1.165) is 25.1 Å². The molecule has 2 amide bonds. The van der Waals surface area contributed by atoms with Crippen molar-refractivity contribution in [2.24, 2.45) is 5.92 Å². The number of amides is 2. The second-order valence-electron chi connectivity index (χ2n) is 6.18. The molecule has 1 unspecified atom stereocenters. The van der Waals surface area contributed by atoms with Gasteiger partial charge in [0.2, 0.25) is 11.8 Å². The minimum Gasteiger partial charge on any atom is -0.335 e. The maximum Gasteiger partial charge on any atom is 0.242 e. The molecule has 2 saturated heterocycles. The number of carbonyl (C=O) groups is 2. The molecule has 5 heteroatoms. The van der Waals surface area contributed by atoms with Gasteiger partial charge in [-0.25, -0.2) is 0 Å². The Morgan fingerprint density at radius 2 is 2.05 bits per heavy atom. The molecule has 0 aliphatic carbocycles. The first-order chi connectivity index (χ1) is 10.7. The number of carbonyl (C=O) groups excluding carboxylic acids is 2. The van der Waals surface area contributed by atoms with E-state index < -0.39 is 0 Å². The van der Waals surface area contributed by atoms with Crippen LogP contribution in [0.1, 0.15) is 18.4 Å². The standard InChI is InChI=1S/C17H23N3O2/c21-16(10-15-6-7-18-11-15)20-9-8-19(17(22)13-20)12-14-4-2-1-3-5-14/h1-5,15,18H,6-13H2. The van der Waals surface area contributed by atoms with Gasteiger partial charge in [-0.3, -0.25) is 9.59 Å². The molecule has 1 aromatic rings. The maximum absolute atomic E-state index is 12.3. The minimum absolute atomic E-state index is 0.0491. The van der Waals surface area contributed by atoms with Crippen LogP contribution < -0.4 is 5.32 Å². The van der Waals surface area contributed by atoms with Crippen molar-refractivity contribution in [3.63, 3.8) is 0 Å². The van der Waals surface area contributed by atoms with Crippen molar-refractivity contribution in [2.45, 2.75) is 19.4 Å². The minimum atomic E-state index is 0.0491. The van der Waals surface area contributed by atoms with E-state index in [1.54, 1.807) is 4.90 Å². The SMILES string of the molecule is O=C(CC1CCNC1)N1CCN(Cc2ccccc2)C(=O)C1. The lowest BCUT2D eigenvalue weighted by Crippen LogP contribution is -2.52. The van der Waals surface area contributed by atoms with Gasteiger partial charge < -0.3 is 15.1 Å². The van der Waals surface area contributed by atoms with Crippen LogP contribution >= 0.6 is 0 Å². The summed E-state index contributed by atoms with van der Waals surface area (Å²) in [5.41, 5.74) is 1.13. The molecule has 1 aromatic carbocycles. The van der Waals surface area contributed by atoms with Crippen LogP contribution in [0.5, 0.6) is 0 Å². The smallest absolute Gasteiger partial charge is 0.242 e. The second kappa shape index (κ2) is 6.92. The van der Waals surface area contributed by atoms with E-state index in [9.17, 15) is 9.59 Å². The Kier molecular flexibility index (Phi) is 4.73. The molecule has 0 radical (unpaired) electrons. The number of nitrogens with one attached hydrogen (secondary N) is 1. The van der Waals surface area contributed by atoms with Crippen LogP contribution in [0.25, 0.3) is 0 Å². The number of hydrogen-bond donors (Lipinski definition) is 1. The summed E-state index contributed by atoms with van der Waals surface area (Å²) in [6.45, 7) is 4.06.